The van der Waals surface area contributed by atoms with Gasteiger partial charge in [0, 0.05) is 23.5 Å². The lowest BCUT2D eigenvalue weighted by molar-refractivity contribution is 0.306. The maximum absolute atomic E-state index is 5.57. The number of rotatable bonds is 3. The van der Waals surface area contributed by atoms with E-state index in [1.54, 1.807) is 0 Å². The van der Waals surface area contributed by atoms with Crippen LogP contribution in [0, 0.1) is 5.92 Å². The number of hydrogen-bond acceptors (Lipinski definition) is 2. The van der Waals surface area contributed by atoms with E-state index in [2.05, 4.69) is 24.4 Å². The van der Waals surface area contributed by atoms with Crippen LogP contribution < -0.4 is 5.32 Å². The highest BCUT2D eigenvalue weighted by Crippen LogP contribution is 2.25. The molecule has 3 rings (SSSR count). The fraction of sp³-hybridized carbons (Fsp3) is 0.500. The molecule has 96 valence electrons. The highest BCUT2D eigenvalue weighted by atomic mass is 16.3. The zero-order valence-electron chi connectivity index (χ0n) is 11.0. The molecule has 1 fully saturated rings. The normalized spacial score (nSPS) is 24.5. The van der Waals surface area contributed by atoms with Crippen molar-refractivity contribution in [2.45, 2.75) is 45.2 Å². The molecule has 0 spiro atoms. The number of hydrogen-bond donors (Lipinski definition) is 1. The fourth-order valence-electron chi connectivity index (χ4n) is 2.89. The van der Waals surface area contributed by atoms with Gasteiger partial charge in [0.15, 0.2) is 0 Å². The van der Waals surface area contributed by atoms with Crippen LogP contribution in [-0.4, -0.2) is 6.04 Å². The minimum absolute atomic E-state index is 0.690. The first-order valence-electron chi connectivity index (χ1n) is 7.01. The van der Waals surface area contributed by atoms with E-state index in [4.69, 9.17) is 4.42 Å². The van der Waals surface area contributed by atoms with Gasteiger partial charge in [0.1, 0.15) is 5.58 Å². The molecular formula is C16H21NO. The molecule has 0 radical (unpaired) electrons. The molecule has 1 saturated carbocycles. The first-order chi connectivity index (χ1) is 8.83. The van der Waals surface area contributed by atoms with E-state index in [1.165, 1.54) is 36.6 Å². The second-order valence-electron chi connectivity index (χ2n) is 5.59. The van der Waals surface area contributed by atoms with E-state index in [1.807, 2.05) is 18.4 Å². The third kappa shape index (κ3) is 2.44. The molecule has 2 heteroatoms. The Morgan fingerprint density at radius 3 is 2.78 bits per heavy atom. The van der Waals surface area contributed by atoms with Gasteiger partial charge in [-0.3, -0.25) is 0 Å². The van der Waals surface area contributed by atoms with Gasteiger partial charge in [0.2, 0.25) is 0 Å². The summed E-state index contributed by atoms with van der Waals surface area (Å²) in [5.74, 6) is 0.915. The maximum atomic E-state index is 5.57. The molecule has 1 aliphatic carbocycles. The SMILES string of the molecule is CC1CCC(NCc2coc3ccccc23)CC1. The van der Waals surface area contributed by atoms with Crippen LogP contribution >= 0.6 is 0 Å². The van der Waals surface area contributed by atoms with E-state index in [0.717, 1.165) is 18.0 Å². The predicted octanol–water partition coefficient (Wildman–Crippen LogP) is 4.10. The largest absolute Gasteiger partial charge is 0.464 e. The van der Waals surface area contributed by atoms with Crippen molar-refractivity contribution in [1.29, 1.82) is 0 Å². The highest BCUT2D eigenvalue weighted by molar-refractivity contribution is 5.80. The van der Waals surface area contributed by atoms with Crippen molar-refractivity contribution in [2.24, 2.45) is 5.92 Å². The number of nitrogens with one attached hydrogen (secondary N) is 1. The quantitative estimate of drug-likeness (QED) is 0.878. The van der Waals surface area contributed by atoms with Gasteiger partial charge in [-0.2, -0.15) is 0 Å². The molecule has 0 unspecified atom stereocenters. The molecule has 2 nitrogen and oxygen atoms in total. The first kappa shape index (κ1) is 11.8. The minimum Gasteiger partial charge on any atom is -0.464 e. The standard InChI is InChI=1S/C16H21NO/c1-12-6-8-14(9-7-12)17-10-13-11-18-16-5-3-2-4-15(13)16/h2-5,11-12,14,17H,6-10H2,1H3. The van der Waals surface area contributed by atoms with Crippen LogP contribution in [0.1, 0.15) is 38.2 Å². The molecule has 0 bridgehead atoms. The molecule has 1 aliphatic rings. The molecule has 2 aromatic rings. The summed E-state index contributed by atoms with van der Waals surface area (Å²) in [7, 11) is 0. The van der Waals surface area contributed by atoms with Crippen molar-refractivity contribution < 1.29 is 4.42 Å². The number of fused-ring (bicyclic) bond motifs is 1. The third-order valence-corrected chi connectivity index (χ3v) is 4.16. The number of benzene rings is 1. The monoisotopic (exact) mass is 243 g/mol. The highest BCUT2D eigenvalue weighted by Gasteiger charge is 2.17. The van der Waals surface area contributed by atoms with Gasteiger partial charge in [0.05, 0.1) is 6.26 Å². The molecule has 0 atom stereocenters. The van der Waals surface area contributed by atoms with Crippen molar-refractivity contribution in [3.05, 3.63) is 36.1 Å². The van der Waals surface area contributed by atoms with Gasteiger partial charge in [-0.25, -0.2) is 0 Å². The molecule has 18 heavy (non-hydrogen) atoms. The average Bonchev–Trinajstić information content (AvgIpc) is 2.82. The molecule has 1 aromatic carbocycles. The summed E-state index contributed by atoms with van der Waals surface area (Å²) >= 11 is 0. The summed E-state index contributed by atoms with van der Waals surface area (Å²) in [6.07, 6.45) is 7.25. The van der Waals surface area contributed by atoms with Gasteiger partial charge >= 0.3 is 0 Å². The molecule has 1 N–H and O–H groups in total. The van der Waals surface area contributed by atoms with Gasteiger partial charge in [-0.1, -0.05) is 25.1 Å². The maximum Gasteiger partial charge on any atom is 0.134 e. The topological polar surface area (TPSA) is 25.2 Å². The van der Waals surface area contributed by atoms with E-state index >= 15 is 0 Å². The van der Waals surface area contributed by atoms with Gasteiger partial charge < -0.3 is 9.73 Å². The Morgan fingerprint density at radius 1 is 1.17 bits per heavy atom. The Hall–Kier alpha value is -1.28. The molecule has 0 aliphatic heterocycles. The van der Waals surface area contributed by atoms with Crippen molar-refractivity contribution in [3.63, 3.8) is 0 Å². The Kier molecular flexibility index (Phi) is 3.37. The fourth-order valence-corrected chi connectivity index (χ4v) is 2.89. The van der Waals surface area contributed by atoms with Crippen LogP contribution in [-0.2, 0) is 6.54 Å². The van der Waals surface area contributed by atoms with Crippen LogP contribution in [0.5, 0.6) is 0 Å². The average molecular weight is 243 g/mol. The van der Waals surface area contributed by atoms with Crippen molar-refractivity contribution in [1.82, 2.24) is 5.32 Å². The van der Waals surface area contributed by atoms with Crippen molar-refractivity contribution >= 4 is 11.0 Å². The summed E-state index contributed by atoms with van der Waals surface area (Å²) in [6, 6.07) is 8.95. The Morgan fingerprint density at radius 2 is 1.94 bits per heavy atom. The zero-order chi connectivity index (χ0) is 12.4. The van der Waals surface area contributed by atoms with Crippen molar-refractivity contribution in [3.8, 4) is 0 Å². The second-order valence-corrected chi connectivity index (χ2v) is 5.59. The van der Waals surface area contributed by atoms with Gasteiger partial charge in [0.25, 0.3) is 0 Å². The van der Waals surface area contributed by atoms with Crippen LogP contribution in [0.3, 0.4) is 0 Å². The first-order valence-corrected chi connectivity index (χ1v) is 7.01. The molecule has 0 saturated heterocycles. The summed E-state index contributed by atoms with van der Waals surface area (Å²) in [4.78, 5) is 0. The lowest BCUT2D eigenvalue weighted by Crippen LogP contribution is -2.32. The number of para-hydroxylation sites is 1. The van der Waals surface area contributed by atoms with Crippen molar-refractivity contribution in [2.75, 3.05) is 0 Å². The van der Waals surface area contributed by atoms with E-state index < -0.39 is 0 Å². The molecule has 1 aromatic heterocycles. The molecule has 1 heterocycles. The lowest BCUT2D eigenvalue weighted by atomic mass is 9.87. The zero-order valence-corrected chi connectivity index (χ0v) is 11.0. The predicted molar refractivity (Wildman–Crippen MR) is 74.5 cm³/mol. The van der Waals surface area contributed by atoms with Gasteiger partial charge in [-0.15, -0.1) is 0 Å². The summed E-state index contributed by atoms with van der Waals surface area (Å²) in [5.41, 5.74) is 2.27. The Balaban J connectivity index is 1.63. The van der Waals surface area contributed by atoms with Crippen LogP contribution in [0.15, 0.2) is 34.9 Å². The molecular weight excluding hydrogens is 222 g/mol. The minimum atomic E-state index is 0.690. The van der Waals surface area contributed by atoms with E-state index in [0.29, 0.717) is 6.04 Å². The van der Waals surface area contributed by atoms with Crippen LogP contribution in [0.25, 0.3) is 11.0 Å². The molecule has 0 amide bonds. The summed E-state index contributed by atoms with van der Waals surface area (Å²) < 4.78 is 5.57. The van der Waals surface area contributed by atoms with Gasteiger partial charge in [-0.05, 0) is 37.7 Å². The third-order valence-electron chi connectivity index (χ3n) is 4.16. The van der Waals surface area contributed by atoms with Crippen LogP contribution in [0.4, 0.5) is 0 Å². The second kappa shape index (κ2) is 5.15. The number of furan rings is 1. The Labute approximate surface area is 108 Å². The smallest absolute Gasteiger partial charge is 0.134 e. The summed E-state index contributed by atoms with van der Waals surface area (Å²) in [6.45, 7) is 3.29. The summed E-state index contributed by atoms with van der Waals surface area (Å²) in [5, 5.41) is 4.92. The Bertz CT molecular complexity index is 509. The van der Waals surface area contributed by atoms with E-state index in [-0.39, 0.29) is 0 Å². The van der Waals surface area contributed by atoms with Crippen LogP contribution in [0.2, 0.25) is 0 Å². The van der Waals surface area contributed by atoms with E-state index in [9.17, 15) is 0 Å². The lowest BCUT2D eigenvalue weighted by Gasteiger charge is -2.26.